The van der Waals surface area contributed by atoms with Crippen molar-refractivity contribution < 1.29 is 19.0 Å². The Kier molecular flexibility index (Phi) is 9.23. The second kappa shape index (κ2) is 13.1. The Balaban J connectivity index is 1.39. The Labute approximate surface area is 254 Å². The highest BCUT2D eigenvalue weighted by atomic mass is 16.6. The molecule has 1 atom stereocenters. The lowest BCUT2D eigenvalue weighted by atomic mass is 9.98. The number of hydrogen-bond donors (Lipinski definition) is 1. The fourth-order valence-corrected chi connectivity index (χ4v) is 5.38. The van der Waals surface area contributed by atoms with Gasteiger partial charge < -0.3 is 24.0 Å². The van der Waals surface area contributed by atoms with Crippen LogP contribution in [-0.4, -0.2) is 85.6 Å². The van der Waals surface area contributed by atoms with Crippen LogP contribution in [0, 0.1) is 17.8 Å². The van der Waals surface area contributed by atoms with Crippen LogP contribution in [0.5, 0.6) is 11.5 Å². The lowest BCUT2D eigenvalue weighted by Crippen LogP contribution is -2.41. The molecule has 0 spiro atoms. The van der Waals surface area contributed by atoms with Crippen LogP contribution in [0.2, 0.25) is 0 Å². The number of carbonyl (C=O) groups excluding carboxylic acids is 1. The van der Waals surface area contributed by atoms with Crippen molar-refractivity contribution >= 4 is 28.5 Å². The molecule has 10 nitrogen and oxygen atoms in total. The van der Waals surface area contributed by atoms with E-state index in [0.717, 1.165) is 54.0 Å². The van der Waals surface area contributed by atoms with E-state index in [2.05, 4.69) is 39.3 Å². The number of benzene rings is 2. The van der Waals surface area contributed by atoms with Gasteiger partial charge in [-0.3, -0.25) is 10.4 Å². The smallest absolute Gasteiger partial charge is 0.410 e. The molecule has 1 unspecified atom stereocenters. The predicted molar refractivity (Wildman–Crippen MR) is 168 cm³/mol. The van der Waals surface area contributed by atoms with Crippen LogP contribution >= 0.6 is 0 Å². The number of amides is 1. The van der Waals surface area contributed by atoms with Gasteiger partial charge in [0, 0.05) is 80.8 Å². The second-order valence-corrected chi connectivity index (χ2v) is 12.1. The number of anilines is 2. The summed E-state index contributed by atoms with van der Waals surface area (Å²) in [4.78, 5) is 26.1. The number of rotatable bonds is 6. The number of nitrogens with one attached hydrogen (secondary N) is 1. The van der Waals surface area contributed by atoms with E-state index in [9.17, 15) is 4.79 Å². The molecule has 2 fully saturated rings. The molecular formula is C33H42N6O4. The van der Waals surface area contributed by atoms with Crippen LogP contribution in [0.3, 0.4) is 0 Å². The fraction of sp³-hybridized carbons (Fsp3) is 0.485. The van der Waals surface area contributed by atoms with Crippen LogP contribution in [0.4, 0.5) is 16.2 Å². The van der Waals surface area contributed by atoms with E-state index in [1.54, 1.807) is 19.1 Å². The molecule has 10 heteroatoms. The molecule has 228 valence electrons. The Morgan fingerprint density at radius 2 is 1.77 bits per heavy atom. The Morgan fingerprint density at radius 3 is 2.40 bits per heavy atom. The van der Waals surface area contributed by atoms with Gasteiger partial charge in [0.2, 0.25) is 0 Å². The number of ether oxygens (including phenoxy) is 3. The van der Waals surface area contributed by atoms with Crippen molar-refractivity contribution in [2.75, 3.05) is 58.9 Å². The number of fused-ring (bicyclic) bond motifs is 1. The topological polar surface area (TPSA) is 92.3 Å². The highest BCUT2D eigenvalue weighted by molar-refractivity contribution is 5.81. The van der Waals surface area contributed by atoms with Crippen molar-refractivity contribution in [1.82, 2.24) is 25.3 Å². The molecule has 0 aliphatic carbocycles. The van der Waals surface area contributed by atoms with Crippen LogP contribution in [0.15, 0.2) is 42.6 Å². The maximum atomic E-state index is 12.5. The first-order chi connectivity index (χ1) is 20.6. The number of carbonyl (C=O) groups is 1. The standard InChI is InChI=1S/C33H42N6O4/c1-33(2,3)43-32(40)38-14-11-23(12-15-38)8-7-13-39(26-16-27(41-5)19-28(17-26)42-6)25-9-10-29-30(18-25)36-31(21-34-29)24-20-35-37(4)22-24/h9-10,16-19,21,23-24,35H,11-15,20,22H2,1-6H3. The zero-order valence-electron chi connectivity index (χ0n) is 26.0. The van der Waals surface area contributed by atoms with Crippen molar-refractivity contribution in [2.24, 2.45) is 5.92 Å². The monoisotopic (exact) mass is 586 g/mol. The third-order valence-electron chi connectivity index (χ3n) is 7.71. The second-order valence-electron chi connectivity index (χ2n) is 12.1. The zero-order valence-corrected chi connectivity index (χ0v) is 26.0. The number of aromatic nitrogens is 2. The quantitative estimate of drug-likeness (QED) is 0.402. The number of likely N-dealkylation sites (tertiary alicyclic amines) is 1. The summed E-state index contributed by atoms with van der Waals surface area (Å²) in [6.45, 7) is 9.14. The third kappa shape index (κ3) is 7.66. The third-order valence-corrected chi connectivity index (χ3v) is 7.71. The van der Waals surface area contributed by atoms with E-state index in [4.69, 9.17) is 24.2 Å². The number of hydrogen-bond acceptors (Lipinski definition) is 9. The predicted octanol–water partition coefficient (Wildman–Crippen LogP) is 4.97. The van der Waals surface area contributed by atoms with Gasteiger partial charge in [0.05, 0.1) is 37.5 Å². The summed E-state index contributed by atoms with van der Waals surface area (Å²) >= 11 is 0. The normalized spacial score (nSPS) is 17.8. The van der Waals surface area contributed by atoms with E-state index in [1.165, 1.54) is 0 Å². The minimum absolute atomic E-state index is 0.212. The minimum atomic E-state index is -0.500. The first-order valence-corrected chi connectivity index (χ1v) is 14.8. The summed E-state index contributed by atoms with van der Waals surface area (Å²) in [6, 6.07) is 12.0. The van der Waals surface area contributed by atoms with Gasteiger partial charge in [0.15, 0.2) is 0 Å². The number of hydrazine groups is 1. The fourth-order valence-electron chi connectivity index (χ4n) is 5.38. The zero-order chi connectivity index (χ0) is 30.6. The van der Waals surface area contributed by atoms with E-state index in [-0.39, 0.29) is 17.9 Å². The van der Waals surface area contributed by atoms with Crippen molar-refractivity contribution in [3.8, 4) is 23.3 Å². The van der Waals surface area contributed by atoms with Gasteiger partial charge in [-0.05, 0) is 51.8 Å². The molecule has 2 aliphatic heterocycles. The molecule has 0 radical (unpaired) electrons. The molecule has 43 heavy (non-hydrogen) atoms. The van der Waals surface area contributed by atoms with Crippen molar-refractivity contribution in [3.05, 3.63) is 48.3 Å². The van der Waals surface area contributed by atoms with E-state index >= 15 is 0 Å². The van der Waals surface area contributed by atoms with Crippen molar-refractivity contribution in [3.63, 3.8) is 0 Å². The highest BCUT2D eigenvalue weighted by Gasteiger charge is 2.26. The molecule has 2 saturated heterocycles. The lowest BCUT2D eigenvalue weighted by molar-refractivity contribution is 0.0199. The molecule has 3 aromatic rings. The number of methoxy groups -OCH3 is 2. The Morgan fingerprint density at radius 1 is 1.05 bits per heavy atom. The minimum Gasteiger partial charge on any atom is -0.497 e. The van der Waals surface area contributed by atoms with E-state index < -0.39 is 5.60 Å². The molecule has 1 aromatic heterocycles. The molecule has 0 saturated carbocycles. The summed E-state index contributed by atoms with van der Waals surface area (Å²) in [5.41, 5.74) is 7.36. The van der Waals surface area contributed by atoms with Gasteiger partial charge in [0.25, 0.3) is 0 Å². The largest absolute Gasteiger partial charge is 0.497 e. The SMILES string of the molecule is COc1cc(OC)cc(N(CC#CC2CCN(C(=O)OC(C)(C)C)CC2)c2ccc3ncc(C4CNN(C)C4)nc3c2)c1. The van der Waals surface area contributed by atoms with Gasteiger partial charge in [-0.25, -0.2) is 14.8 Å². The molecule has 5 rings (SSSR count). The Bertz CT molecular complexity index is 1480. The first kappa shape index (κ1) is 30.4. The highest BCUT2D eigenvalue weighted by Crippen LogP contribution is 2.34. The molecule has 3 heterocycles. The first-order valence-electron chi connectivity index (χ1n) is 14.8. The average molecular weight is 587 g/mol. The van der Waals surface area contributed by atoms with Gasteiger partial charge >= 0.3 is 6.09 Å². The number of nitrogens with zero attached hydrogens (tertiary/aromatic N) is 5. The lowest BCUT2D eigenvalue weighted by Gasteiger charge is -2.32. The van der Waals surface area contributed by atoms with Gasteiger partial charge in [-0.1, -0.05) is 11.8 Å². The molecule has 1 amide bonds. The van der Waals surface area contributed by atoms with Crippen LogP contribution in [0.1, 0.15) is 45.2 Å². The summed E-state index contributed by atoms with van der Waals surface area (Å²) < 4.78 is 16.7. The molecular weight excluding hydrogens is 544 g/mol. The molecule has 2 aromatic carbocycles. The summed E-state index contributed by atoms with van der Waals surface area (Å²) in [5, 5.41) is 2.09. The maximum Gasteiger partial charge on any atom is 0.410 e. The van der Waals surface area contributed by atoms with Gasteiger partial charge in [-0.2, -0.15) is 0 Å². The number of likely N-dealkylation sites (N-methyl/N-ethyl adjacent to an activating group) is 1. The van der Waals surface area contributed by atoms with Gasteiger partial charge in [0.1, 0.15) is 17.1 Å². The number of piperidine rings is 1. The maximum absolute atomic E-state index is 12.5. The molecule has 2 aliphatic rings. The van der Waals surface area contributed by atoms with E-state index in [1.807, 2.05) is 58.3 Å². The van der Waals surface area contributed by atoms with Crippen LogP contribution < -0.4 is 19.8 Å². The molecule has 0 bridgehead atoms. The molecule has 1 N–H and O–H groups in total. The summed E-state index contributed by atoms with van der Waals surface area (Å²) in [7, 11) is 5.34. The summed E-state index contributed by atoms with van der Waals surface area (Å²) in [6.07, 6.45) is 3.27. The summed E-state index contributed by atoms with van der Waals surface area (Å²) in [5.74, 6) is 8.79. The van der Waals surface area contributed by atoms with Crippen LogP contribution in [0.25, 0.3) is 11.0 Å². The van der Waals surface area contributed by atoms with Crippen LogP contribution in [-0.2, 0) is 4.74 Å². The Hall–Kier alpha value is -4.07. The van der Waals surface area contributed by atoms with Crippen molar-refractivity contribution in [2.45, 2.75) is 45.1 Å². The van der Waals surface area contributed by atoms with Gasteiger partial charge in [-0.15, -0.1) is 0 Å². The van der Waals surface area contributed by atoms with E-state index in [0.29, 0.717) is 31.1 Å². The average Bonchev–Trinajstić information content (AvgIpc) is 3.44. The van der Waals surface area contributed by atoms with Crippen molar-refractivity contribution in [1.29, 1.82) is 0 Å².